The predicted octanol–water partition coefficient (Wildman–Crippen LogP) is 3.95. The van der Waals surface area contributed by atoms with E-state index in [1.165, 1.54) is 0 Å². The monoisotopic (exact) mass is 383 g/mol. The van der Waals surface area contributed by atoms with E-state index in [0.29, 0.717) is 29.1 Å². The summed E-state index contributed by atoms with van der Waals surface area (Å²) in [6.45, 7) is 3.57. The Morgan fingerprint density at radius 1 is 1.04 bits per heavy atom. The number of sulfonamides is 1. The second-order valence-corrected chi connectivity index (χ2v) is 8.08. The van der Waals surface area contributed by atoms with Gasteiger partial charge in [-0.3, -0.25) is 14.5 Å². The van der Waals surface area contributed by atoms with Gasteiger partial charge in [0.15, 0.2) is 0 Å². The lowest BCUT2D eigenvalue weighted by Gasteiger charge is -2.14. The van der Waals surface area contributed by atoms with E-state index < -0.39 is 10.0 Å². The summed E-state index contributed by atoms with van der Waals surface area (Å²) in [5.74, 6) is -0.299. The van der Waals surface area contributed by atoms with Crippen molar-refractivity contribution in [3.63, 3.8) is 0 Å². The lowest BCUT2D eigenvalue weighted by molar-refractivity contribution is 0.102. The number of amides is 1. The molecule has 0 fully saturated rings. The molecule has 0 unspecified atom stereocenters. The molecule has 6 nitrogen and oxygen atoms in total. The first-order chi connectivity index (χ1) is 12.9. The molecule has 2 aromatic carbocycles. The summed E-state index contributed by atoms with van der Waals surface area (Å²) in [7, 11) is -3.41. The van der Waals surface area contributed by atoms with Crippen molar-refractivity contribution in [1.29, 1.82) is 0 Å². The lowest BCUT2D eigenvalue weighted by atomic mass is 10.1. The highest BCUT2D eigenvalue weighted by atomic mass is 32.2. The molecule has 0 saturated carbocycles. The number of hydrogen-bond donors (Lipinski definition) is 2. The Balaban J connectivity index is 1.89. The van der Waals surface area contributed by atoms with Crippen LogP contribution in [0.15, 0.2) is 54.7 Å². The van der Waals surface area contributed by atoms with E-state index in [1.807, 2.05) is 30.3 Å². The molecule has 1 aromatic heterocycles. The van der Waals surface area contributed by atoms with Gasteiger partial charge in [0.05, 0.1) is 11.4 Å². The summed E-state index contributed by atoms with van der Waals surface area (Å²) in [6, 6.07) is 14.5. The van der Waals surface area contributed by atoms with Crippen LogP contribution in [0.5, 0.6) is 0 Å². The predicted molar refractivity (Wildman–Crippen MR) is 109 cm³/mol. The minimum Gasteiger partial charge on any atom is -0.320 e. The number of aromatic nitrogens is 1. The van der Waals surface area contributed by atoms with Gasteiger partial charge in [0.25, 0.3) is 5.91 Å². The van der Waals surface area contributed by atoms with Crippen LogP contribution in [0.1, 0.15) is 29.4 Å². The van der Waals surface area contributed by atoms with Crippen LogP contribution in [-0.2, 0) is 10.0 Å². The molecular weight excluding hydrogens is 362 g/mol. The number of anilines is 2. The molecule has 0 aliphatic carbocycles. The second kappa shape index (κ2) is 7.75. The molecule has 7 heteroatoms. The molecule has 27 heavy (non-hydrogen) atoms. The van der Waals surface area contributed by atoms with Crippen LogP contribution in [0.2, 0.25) is 0 Å². The summed E-state index contributed by atoms with van der Waals surface area (Å²) in [5.41, 5.74) is 1.95. The number of fused-ring (bicyclic) bond motifs is 1. The number of hydrogen-bond acceptors (Lipinski definition) is 4. The number of pyridine rings is 1. The zero-order chi connectivity index (χ0) is 19.4. The highest BCUT2D eigenvalue weighted by Gasteiger charge is 2.16. The summed E-state index contributed by atoms with van der Waals surface area (Å²) in [6.07, 6.45) is 2.12. The maximum Gasteiger partial charge on any atom is 0.274 e. The molecule has 2 N–H and O–H groups in total. The molecule has 0 bridgehead atoms. The highest BCUT2D eigenvalue weighted by molar-refractivity contribution is 7.92. The number of benzene rings is 2. The largest absolute Gasteiger partial charge is 0.320 e. The number of rotatable bonds is 6. The van der Waals surface area contributed by atoms with E-state index in [2.05, 4.69) is 15.0 Å². The number of nitrogens with one attached hydrogen (secondary N) is 2. The zero-order valence-corrected chi connectivity index (χ0v) is 16.0. The van der Waals surface area contributed by atoms with E-state index in [4.69, 9.17) is 0 Å². The Morgan fingerprint density at radius 2 is 1.78 bits per heavy atom. The van der Waals surface area contributed by atoms with Gasteiger partial charge in [-0.05, 0) is 42.5 Å². The van der Waals surface area contributed by atoms with E-state index in [1.54, 1.807) is 38.2 Å². The molecule has 3 aromatic rings. The van der Waals surface area contributed by atoms with Gasteiger partial charge in [-0.2, -0.15) is 0 Å². The highest BCUT2D eigenvalue weighted by Crippen LogP contribution is 2.25. The Morgan fingerprint density at radius 3 is 2.56 bits per heavy atom. The number of carbonyl (C=O) groups excluding carboxylic acids is 1. The van der Waals surface area contributed by atoms with Gasteiger partial charge >= 0.3 is 0 Å². The third kappa shape index (κ3) is 4.25. The van der Waals surface area contributed by atoms with Gasteiger partial charge in [-0.1, -0.05) is 37.3 Å². The lowest BCUT2D eigenvalue weighted by Crippen LogP contribution is -2.18. The first kappa shape index (κ1) is 18.8. The van der Waals surface area contributed by atoms with Crippen molar-refractivity contribution in [2.24, 2.45) is 0 Å². The molecular formula is C20H21N3O3S. The second-order valence-electron chi connectivity index (χ2n) is 6.23. The van der Waals surface area contributed by atoms with Crippen LogP contribution >= 0.6 is 0 Å². The van der Waals surface area contributed by atoms with Crippen LogP contribution < -0.4 is 10.0 Å². The molecule has 0 atom stereocenters. The van der Waals surface area contributed by atoms with Gasteiger partial charge in [-0.15, -0.1) is 0 Å². The summed E-state index contributed by atoms with van der Waals surface area (Å²) in [4.78, 5) is 17.0. The van der Waals surface area contributed by atoms with E-state index in [0.717, 1.165) is 10.8 Å². The van der Waals surface area contributed by atoms with Gasteiger partial charge in [-0.25, -0.2) is 8.42 Å². The number of carbonyl (C=O) groups is 1. The van der Waals surface area contributed by atoms with Crippen LogP contribution in [0, 0.1) is 6.92 Å². The fraction of sp³-hybridized carbons (Fsp3) is 0.200. The molecule has 0 aliphatic heterocycles. The Labute approximate surface area is 158 Å². The fourth-order valence-corrected chi connectivity index (χ4v) is 4.05. The van der Waals surface area contributed by atoms with Gasteiger partial charge < -0.3 is 5.32 Å². The Kier molecular flexibility index (Phi) is 5.41. The summed E-state index contributed by atoms with van der Waals surface area (Å²) >= 11 is 0. The zero-order valence-electron chi connectivity index (χ0n) is 15.2. The minimum atomic E-state index is -3.41. The molecule has 140 valence electrons. The molecule has 0 radical (unpaired) electrons. The van der Waals surface area contributed by atoms with Crippen molar-refractivity contribution in [1.82, 2.24) is 4.98 Å². The molecule has 0 spiro atoms. The smallest absolute Gasteiger partial charge is 0.274 e. The van der Waals surface area contributed by atoms with Crippen LogP contribution in [0.25, 0.3) is 10.8 Å². The minimum absolute atomic E-state index is 0.0446. The van der Waals surface area contributed by atoms with Crippen LogP contribution in [-0.4, -0.2) is 25.1 Å². The van der Waals surface area contributed by atoms with E-state index in [-0.39, 0.29) is 11.7 Å². The molecule has 0 saturated heterocycles. The van der Waals surface area contributed by atoms with Crippen molar-refractivity contribution < 1.29 is 13.2 Å². The van der Waals surface area contributed by atoms with Gasteiger partial charge in [0.1, 0.15) is 5.69 Å². The molecule has 0 aliphatic rings. The van der Waals surface area contributed by atoms with Crippen molar-refractivity contribution in [3.05, 3.63) is 66.0 Å². The average molecular weight is 383 g/mol. The fourth-order valence-electron chi connectivity index (χ4n) is 2.85. The Hall–Kier alpha value is -2.93. The average Bonchev–Trinajstić information content (AvgIpc) is 2.64. The topological polar surface area (TPSA) is 88.2 Å². The van der Waals surface area contributed by atoms with Crippen LogP contribution in [0.3, 0.4) is 0 Å². The Bertz CT molecular complexity index is 1090. The van der Waals surface area contributed by atoms with Crippen molar-refractivity contribution in [3.8, 4) is 0 Å². The summed E-state index contributed by atoms with van der Waals surface area (Å²) < 4.78 is 26.7. The SMILES string of the molecule is CCCS(=O)(=O)Nc1cccc(NC(=O)c2nccc3ccccc23)c1C. The van der Waals surface area contributed by atoms with Crippen LogP contribution in [0.4, 0.5) is 11.4 Å². The first-order valence-electron chi connectivity index (χ1n) is 8.66. The van der Waals surface area contributed by atoms with E-state index >= 15 is 0 Å². The molecule has 1 amide bonds. The standard InChI is InChI=1S/C20H21N3O3S/c1-3-13-27(25,26)23-18-10-6-9-17(14(18)2)22-20(24)19-16-8-5-4-7-15(16)11-12-21-19/h4-12,23H,3,13H2,1-2H3,(H,22,24). The van der Waals surface area contributed by atoms with Crippen molar-refractivity contribution in [2.75, 3.05) is 15.8 Å². The van der Waals surface area contributed by atoms with E-state index in [9.17, 15) is 13.2 Å². The van der Waals surface area contributed by atoms with Gasteiger partial charge in [0.2, 0.25) is 10.0 Å². The quantitative estimate of drug-likeness (QED) is 0.675. The third-order valence-corrected chi connectivity index (χ3v) is 5.69. The summed E-state index contributed by atoms with van der Waals surface area (Å²) in [5, 5.41) is 4.53. The maximum absolute atomic E-state index is 12.8. The van der Waals surface area contributed by atoms with Crippen molar-refractivity contribution >= 4 is 38.1 Å². The maximum atomic E-state index is 12.8. The van der Waals surface area contributed by atoms with Gasteiger partial charge in [0, 0.05) is 17.3 Å². The first-order valence-corrected chi connectivity index (χ1v) is 10.3. The molecule has 1 heterocycles. The number of nitrogens with zero attached hydrogens (tertiary/aromatic N) is 1. The van der Waals surface area contributed by atoms with Crippen molar-refractivity contribution in [2.45, 2.75) is 20.3 Å². The third-order valence-electron chi connectivity index (χ3n) is 4.21. The normalized spacial score (nSPS) is 11.3. The molecule has 3 rings (SSSR count).